The number of amides is 1. The third-order valence-electron chi connectivity index (χ3n) is 4.64. The molecule has 4 aromatic rings. The lowest BCUT2D eigenvalue weighted by Crippen LogP contribution is -2.14. The predicted molar refractivity (Wildman–Crippen MR) is 124 cm³/mol. The molecule has 3 aromatic carbocycles. The molecular weight excluding hydrogens is 433 g/mol. The number of carbonyl (C=O) groups is 1. The van der Waals surface area contributed by atoms with Gasteiger partial charge in [-0.25, -0.2) is 14.4 Å². The summed E-state index contributed by atoms with van der Waals surface area (Å²) in [5, 5.41) is 3.41. The zero-order valence-corrected chi connectivity index (χ0v) is 18.3. The molecule has 0 bridgehead atoms. The number of carbonyl (C=O) groups excluding carboxylic acids is 1. The van der Waals surface area contributed by atoms with Gasteiger partial charge in [0.05, 0.1) is 27.5 Å². The molecule has 1 aromatic heterocycles. The molecule has 0 saturated carbocycles. The molecule has 4 rings (SSSR count). The van der Waals surface area contributed by atoms with Gasteiger partial charge in [0.2, 0.25) is 5.91 Å². The van der Waals surface area contributed by atoms with Crippen molar-refractivity contribution in [1.82, 2.24) is 9.97 Å². The first-order valence-electron chi connectivity index (χ1n) is 9.67. The van der Waals surface area contributed by atoms with E-state index in [0.717, 1.165) is 22.3 Å². The maximum Gasteiger partial charge on any atom is 0.234 e. The highest BCUT2D eigenvalue weighted by molar-refractivity contribution is 8.00. The van der Waals surface area contributed by atoms with Crippen molar-refractivity contribution in [2.24, 2.45) is 0 Å². The van der Waals surface area contributed by atoms with Gasteiger partial charge in [-0.1, -0.05) is 65.3 Å². The number of aromatic nitrogens is 2. The molecule has 4 nitrogen and oxygen atoms in total. The molecular formula is C24H19ClFN3OS. The van der Waals surface area contributed by atoms with E-state index in [-0.39, 0.29) is 16.7 Å². The lowest BCUT2D eigenvalue weighted by atomic mass is 10.1. The zero-order chi connectivity index (χ0) is 21.8. The fraction of sp³-hybridized carbons (Fsp3) is 0.125. The van der Waals surface area contributed by atoms with Gasteiger partial charge in [-0.05, 0) is 42.8 Å². The quantitative estimate of drug-likeness (QED) is 0.362. The van der Waals surface area contributed by atoms with Crippen LogP contribution in [0.2, 0.25) is 5.02 Å². The molecule has 0 fully saturated rings. The Morgan fingerprint density at radius 3 is 2.45 bits per heavy atom. The van der Waals surface area contributed by atoms with E-state index < -0.39 is 5.82 Å². The number of para-hydroxylation sites is 2. The number of rotatable bonds is 6. The van der Waals surface area contributed by atoms with Crippen LogP contribution in [0.5, 0.6) is 0 Å². The van der Waals surface area contributed by atoms with Crippen LogP contribution in [0.1, 0.15) is 16.8 Å². The maximum absolute atomic E-state index is 13.3. The fourth-order valence-electron chi connectivity index (χ4n) is 3.06. The molecule has 1 amide bonds. The minimum atomic E-state index is -0.527. The summed E-state index contributed by atoms with van der Waals surface area (Å²) in [6, 6.07) is 20.0. The molecule has 0 aliphatic carbocycles. The second kappa shape index (κ2) is 9.45. The molecule has 1 N–H and O–H groups in total. The molecule has 0 atom stereocenters. The Kier molecular flexibility index (Phi) is 6.49. The van der Waals surface area contributed by atoms with Gasteiger partial charge >= 0.3 is 0 Å². The van der Waals surface area contributed by atoms with E-state index in [0.29, 0.717) is 17.1 Å². The van der Waals surface area contributed by atoms with Gasteiger partial charge in [-0.3, -0.25) is 4.79 Å². The van der Waals surface area contributed by atoms with Crippen LogP contribution >= 0.6 is 23.4 Å². The number of halogens is 2. The highest BCUT2D eigenvalue weighted by atomic mass is 35.5. The van der Waals surface area contributed by atoms with E-state index in [9.17, 15) is 9.18 Å². The summed E-state index contributed by atoms with van der Waals surface area (Å²) in [5.41, 5.74) is 5.19. The summed E-state index contributed by atoms with van der Waals surface area (Å²) in [7, 11) is 0. The predicted octanol–water partition coefficient (Wildman–Crippen LogP) is 6.05. The van der Waals surface area contributed by atoms with Crippen molar-refractivity contribution in [2.75, 3.05) is 11.1 Å². The topological polar surface area (TPSA) is 54.9 Å². The molecule has 31 heavy (non-hydrogen) atoms. The first kappa shape index (κ1) is 21.3. The number of nitrogens with one attached hydrogen (secondary N) is 1. The van der Waals surface area contributed by atoms with Crippen LogP contribution < -0.4 is 5.32 Å². The number of thioether (sulfide) groups is 1. The maximum atomic E-state index is 13.3. The Hall–Kier alpha value is -2.96. The zero-order valence-electron chi connectivity index (χ0n) is 16.7. The molecule has 0 radical (unpaired) electrons. The van der Waals surface area contributed by atoms with Crippen molar-refractivity contribution in [1.29, 1.82) is 0 Å². The van der Waals surface area contributed by atoms with Crippen LogP contribution in [0.15, 0.2) is 71.8 Å². The van der Waals surface area contributed by atoms with Gasteiger partial charge in [0.25, 0.3) is 0 Å². The van der Waals surface area contributed by atoms with Gasteiger partial charge in [0.15, 0.2) is 0 Å². The average molecular weight is 452 g/mol. The van der Waals surface area contributed by atoms with Gasteiger partial charge < -0.3 is 5.32 Å². The third-order valence-corrected chi connectivity index (χ3v) is 5.94. The number of anilines is 1. The van der Waals surface area contributed by atoms with E-state index >= 15 is 0 Å². The number of nitrogens with zero attached hydrogens (tertiary/aromatic N) is 2. The Morgan fingerprint density at radius 1 is 1.03 bits per heavy atom. The lowest BCUT2D eigenvalue weighted by molar-refractivity contribution is -0.113. The van der Waals surface area contributed by atoms with Crippen molar-refractivity contribution in [3.8, 4) is 0 Å². The van der Waals surface area contributed by atoms with Crippen LogP contribution in [0.25, 0.3) is 11.0 Å². The van der Waals surface area contributed by atoms with Crippen LogP contribution in [0, 0.1) is 12.7 Å². The minimum absolute atomic E-state index is 0.0359. The SMILES string of the molecule is Cc1ccc(Cc2nc3ccccc3nc2SCC(=O)Nc2ccc(F)c(Cl)c2)cc1. The van der Waals surface area contributed by atoms with E-state index in [2.05, 4.69) is 29.6 Å². The fourth-order valence-corrected chi connectivity index (χ4v) is 4.02. The summed E-state index contributed by atoms with van der Waals surface area (Å²) in [6.45, 7) is 2.05. The Balaban J connectivity index is 1.54. The second-order valence-electron chi connectivity index (χ2n) is 7.09. The number of hydrogen-bond acceptors (Lipinski definition) is 4. The normalized spacial score (nSPS) is 10.9. The molecule has 0 spiro atoms. The van der Waals surface area contributed by atoms with Crippen LogP contribution in [-0.4, -0.2) is 21.6 Å². The largest absolute Gasteiger partial charge is 0.325 e. The smallest absolute Gasteiger partial charge is 0.234 e. The Labute approximate surface area is 188 Å². The van der Waals surface area contributed by atoms with Gasteiger partial charge in [-0.15, -0.1) is 0 Å². The second-order valence-corrected chi connectivity index (χ2v) is 8.46. The van der Waals surface area contributed by atoms with Crippen molar-refractivity contribution in [3.05, 3.63) is 94.4 Å². The molecule has 0 aliphatic rings. The standard InChI is InChI=1S/C24H19ClFN3OS/c1-15-6-8-16(9-7-15)12-22-24(29-21-5-3-2-4-20(21)28-22)31-14-23(30)27-17-10-11-19(26)18(25)13-17/h2-11,13H,12,14H2,1H3,(H,27,30). The molecule has 1 heterocycles. The highest BCUT2D eigenvalue weighted by Gasteiger charge is 2.13. The first-order chi connectivity index (χ1) is 15.0. The lowest BCUT2D eigenvalue weighted by Gasteiger charge is -2.10. The highest BCUT2D eigenvalue weighted by Crippen LogP contribution is 2.25. The molecule has 0 aliphatic heterocycles. The van der Waals surface area contributed by atoms with E-state index in [1.54, 1.807) is 0 Å². The van der Waals surface area contributed by atoms with E-state index in [4.69, 9.17) is 21.6 Å². The summed E-state index contributed by atoms with van der Waals surface area (Å²) in [5.74, 6) is -0.617. The van der Waals surface area contributed by atoms with Gasteiger partial charge in [-0.2, -0.15) is 0 Å². The number of fused-ring (bicyclic) bond motifs is 1. The Bertz CT molecular complexity index is 1250. The van der Waals surface area contributed by atoms with E-state index in [1.807, 2.05) is 31.2 Å². The van der Waals surface area contributed by atoms with Gasteiger partial charge in [0, 0.05) is 12.1 Å². The van der Waals surface area contributed by atoms with E-state index in [1.165, 1.54) is 35.5 Å². The van der Waals surface area contributed by atoms with Crippen LogP contribution in [0.4, 0.5) is 10.1 Å². The summed E-state index contributed by atoms with van der Waals surface area (Å²) < 4.78 is 13.3. The van der Waals surface area contributed by atoms with Crippen LogP contribution in [-0.2, 0) is 11.2 Å². The first-order valence-corrected chi connectivity index (χ1v) is 11.0. The van der Waals surface area contributed by atoms with Crippen molar-refractivity contribution in [2.45, 2.75) is 18.4 Å². The monoisotopic (exact) mass is 451 g/mol. The van der Waals surface area contributed by atoms with Gasteiger partial charge in [0.1, 0.15) is 10.8 Å². The van der Waals surface area contributed by atoms with Crippen molar-refractivity contribution < 1.29 is 9.18 Å². The summed E-state index contributed by atoms with van der Waals surface area (Å²) >= 11 is 7.11. The Morgan fingerprint density at radius 2 is 1.74 bits per heavy atom. The molecule has 156 valence electrons. The molecule has 0 unspecified atom stereocenters. The number of aryl methyl sites for hydroxylation is 1. The summed E-state index contributed by atoms with van der Waals surface area (Å²) in [6.07, 6.45) is 0.621. The van der Waals surface area contributed by atoms with Crippen molar-refractivity contribution >= 4 is 46.0 Å². The molecule has 7 heteroatoms. The third kappa shape index (κ3) is 5.40. The minimum Gasteiger partial charge on any atom is -0.325 e. The van der Waals surface area contributed by atoms with Crippen LogP contribution in [0.3, 0.4) is 0 Å². The number of hydrogen-bond donors (Lipinski definition) is 1. The van der Waals surface area contributed by atoms with Crippen molar-refractivity contribution in [3.63, 3.8) is 0 Å². The molecule has 0 saturated heterocycles. The number of benzene rings is 3. The summed E-state index contributed by atoms with van der Waals surface area (Å²) in [4.78, 5) is 22.0. The average Bonchev–Trinajstić information content (AvgIpc) is 2.76.